The Morgan fingerprint density at radius 1 is 1.32 bits per heavy atom. The third-order valence-corrected chi connectivity index (χ3v) is 2.26. The molecule has 96 valence electrons. The number of nitrogens with one attached hydrogen (secondary N) is 1. The molecule has 0 saturated carbocycles. The maximum absolute atomic E-state index is 8.64. The van der Waals surface area contributed by atoms with Gasteiger partial charge in [0.15, 0.2) is 5.69 Å². The van der Waals surface area contributed by atoms with E-state index in [-0.39, 0.29) is 5.69 Å². The van der Waals surface area contributed by atoms with Crippen molar-refractivity contribution in [2.45, 2.75) is 0 Å². The standard InChI is InChI=1S/C13H13N5O/c14-4-5-19-12-3-1-2-10(6-12)18-13-9-16-11(7-15)8-17-13/h1-3,6,8-9H,4-5,14H2,(H,17,18). The van der Waals surface area contributed by atoms with Crippen molar-refractivity contribution in [2.24, 2.45) is 5.73 Å². The first-order valence-corrected chi connectivity index (χ1v) is 5.74. The average molecular weight is 255 g/mol. The summed E-state index contributed by atoms with van der Waals surface area (Å²) in [5.74, 6) is 1.30. The Labute approximate surface area is 110 Å². The molecule has 0 atom stereocenters. The maximum Gasteiger partial charge on any atom is 0.158 e. The zero-order chi connectivity index (χ0) is 13.5. The van der Waals surface area contributed by atoms with Gasteiger partial charge in [-0.1, -0.05) is 6.07 Å². The van der Waals surface area contributed by atoms with Gasteiger partial charge in [-0.05, 0) is 12.1 Å². The molecule has 19 heavy (non-hydrogen) atoms. The minimum absolute atomic E-state index is 0.283. The molecule has 1 heterocycles. The number of nitriles is 1. The van der Waals surface area contributed by atoms with Gasteiger partial charge in [-0.15, -0.1) is 0 Å². The molecule has 0 saturated heterocycles. The first-order valence-electron chi connectivity index (χ1n) is 5.74. The molecular formula is C13H13N5O. The molecular weight excluding hydrogens is 242 g/mol. The van der Waals surface area contributed by atoms with E-state index in [1.165, 1.54) is 12.4 Å². The molecule has 1 aromatic heterocycles. The van der Waals surface area contributed by atoms with Gasteiger partial charge in [-0.25, -0.2) is 9.97 Å². The fourth-order valence-corrected chi connectivity index (χ4v) is 1.44. The number of anilines is 2. The molecule has 0 aliphatic heterocycles. The van der Waals surface area contributed by atoms with E-state index in [9.17, 15) is 0 Å². The van der Waals surface area contributed by atoms with E-state index in [0.29, 0.717) is 19.0 Å². The summed E-state index contributed by atoms with van der Waals surface area (Å²) in [5.41, 5.74) is 6.49. The van der Waals surface area contributed by atoms with Gasteiger partial charge in [0.25, 0.3) is 0 Å². The normalized spacial score (nSPS) is 9.68. The van der Waals surface area contributed by atoms with Gasteiger partial charge in [-0.2, -0.15) is 5.26 Å². The van der Waals surface area contributed by atoms with Crippen LogP contribution in [-0.2, 0) is 0 Å². The number of nitrogens with two attached hydrogens (primary N) is 1. The van der Waals surface area contributed by atoms with Crippen LogP contribution in [-0.4, -0.2) is 23.1 Å². The Balaban J connectivity index is 2.07. The van der Waals surface area contributed by atoms with Crippen molar-refractivity contribution in [3.05, 3.63) is 42.4 Å². The fourth-order valence-electron chi connectivity index (χ4n) is 1.44. The first-order chi connectivity index (χ1) is 9.31. The number of ether oxygens (including phenoxy) is 1. The van der Waals surface area contributed by atoms with Crippen molar-refractivity contribution in [1.29, 1.82) is 5.26 Å². The predicted molar refractivity (Wildman–Crippen MR) is 71.0 cm³/mol. The molecule has 2 rings (SSSR count). The number of aromatic nitrogens is 2. The molecule has 0 radical (unpaired) electrons. The van der Waals surface area contributed by atoms with Crippen LogP contribution in [0.3, 0.4) is 0 Å². The maximum atomic E-state index is 8.64. The second-order valence-corrected chi connectivity index (χ2v) is 3.69. The molecule has 0 bridgehead atoms. The number of rotatable bonds is 5. The number of benzene rings is 1. The Kier molecular flexibility index (Phi) is 4.26. The predicted octanol–water partition coefficient (Wildman–Crippen LogP) is 1.43. The van der Waals surface area contributed by atoms with Crippen molar-refractivity contribution in [1.82, 2.24) is 9.97 Å². The van der Waals surface area contributed by atoms with E-state index in [2.05, 4.69) is 15.3 Å². The highest BCUT2D eigenvalue weighted by Gasteiger charge is 2.00. The van der Waals surface area contributed by atoms with Crippen molar-refractivity contribution in [2.75, 3.05) is 18.5 Å². The molecule has 0 fully saturated rings. The van der Waals surface area contributed by atoms with Crippen LogP contribution in [0.25, 0.3) is 0 Å². The van der Waals surface area contributed by atoms with Gasteiger partial charge >= 0.3 is 0 Å². The summed E-state index contributed by atoms with van der Waals surface area (Å²) in [6.45, 7) is 0.943. The average Bonchev–Trinajstić information content (AvgIpc) is 2.46. The van der Waals surface area contributed by atoms with Crippen molar-refractivity contribution < 1.29 is 4.74 Å². The van der Waals surface area contributed by atoms with Gasteiger partial charge in [-0.3, -0.25) is 0 Å². The third kappa shape index (κ3) is 3.66. The topological polar surface area (TPSA) is 96.8 Å². The van der Waals surface area contributed by atoms with E-state index in [4.69, 9.17) is 15.7 Å². The summed E-state index contributed by atoms with van der Waals surface area (Å²) >= 11 is 0. The largest absolute Gasteiger partial charge is 0.492 e. The Hall–Kier alpha value is -2.65. The Bertz CT molecular complexity index is 576. The van der Waals surface area contributed by atoms with Gasteiger partial charge in [0.1, 0.15) is 24.2 Å². The van der Waals surface area contributed by atoms with Crippen LogP contribution in [0.1, 0.15) is 5.69 Å². The van der Waals surface area contributed by atoms with E-state index in [1.807, 2.05) is 30.3 Å². The highest BCUT2D eigenvalue weighted by atomic mass is 16.5. The van der Waals surface area contributed by atoms with Crippen LogP contribution >= 0.6 is 0 Å². The Morgan fingerprint density at radius 3 is 2.89 bits per heavy atom. The van der Waals surface area contributed by atoms with Gasteiger partial charge in [0.2, 0.25) is 0 Å². The molecule has 3 N–H and O–H groups in total. The van der Waals surface area contributed by atoms with Crippen molar-refractivity contribution >= 4 is 11.5 Å². The van der Waals surface area contributed by atoms with Crippen LogP contribution in [0.2, 0.25) is 0 Å². The lowest BCUT2D eigenvalue weighted by molar-refractivity contribution is 0.328. The monoisotopic (exact) mass is 255 g/mol. The summed E-state index contributed by atoms with van der Waals surface area (Å²) in [4.78, 5) is 8.01. The minimum atomic E-state index is 0.283. The molecule has 0 aliphatic rings. The molecule has 2 aromatic rings. The van der Waals surface area contributed by atoms with E-state index >= 15 is 0 Å². The SMILES string of the molecule is N#Cc1cnc(Nc2cccc(OCCN)c2)cn1. The van der Waals surface area contributed by atoms with E-state index in [1.54, 1.807) is 0 Å². The zero-order valence-electron chi connectivity index (χ0n) is 10.2. The highest BCUT2D eigenvalue weighted by Crippen LogP contribution is 2.20. The second-order valence-electron chi connectivity index (χ2n) is 3.69. The third-order valence-electron chi connectivity index (χ3n) is 2.26. The van der Waals surface area contributed by atoms with Crippen molar-refractivity contribution in [3.8, 4) is 11.8 Å². The summed E-state index contributed by atoms with van der Waals surface area (Å²) in [6.07, 6.45) is 2.92. The lowest BCUT2D eigenvalue weighted by Crippen LogP contribution is -2.10. The molecule has 0 spiro atoms. The van der Waals surface area contributed by atoms with E-state index < -0.39 is 0 Å². The molecule has 0 aliphatic carbocycles. The lowest BCUT2D eigenvalue weighted by atomic mass is 10.3. The van der Waals surface area contributed by atoms with Crippen LogP contribution in [0.4, 0.5) is 11.5 Å². The van der Waals surface area contributed by atoms with Crippen LogP contribution in [0.5, 0.6) is 5.75 Å². The first kappa shape index (κ1) is 12.8. The number of nitrogens with zero attached hydrogens (tertiary/aromatic N) is 3. The molecule has 0 unspecified atom stereocenters. The minimum Gasteiger partial charge on any atom is -0.492 e. The summed E-state index contributed by atoms with van der Waals surface area (Å²) in [6, 6.07) is 9.36. The van der Waals surface area contributed by atoms with Crippen LogP contribution in [0, 0.1) is 11.3 Å². The molecule has 6 nitrogen and oxygen atoms in total. The van der Waals surface area contributed by atoms with Crippen LogP contribution in [0.15, 0.2) is 36.7 Å². The van der Waals surface area contributed by atoms with Gasteiger partial charge in [0, 0.05) is 18.3 Å². The number of hydrogen-bond acceptors (Lipinski definition) is 6. The summed E-state index contributed by atoms with van der Waals surface area (Å²) in [5, 5.41) is 11.7. The molecule has 1 aromatic carbocycles. The highest BCUT2D eigenvalue weighted by molar-refractivity contribution is 5.57. The summed E-state index contributed by atoms with van der Waals surface area (Å²) in [7, 11) is 0. The van der Waals surface area contributed by atoms with Gasteiger partial charge < -0.3 is 15.8 Å². The molecule has 0 amide bonds. The smallest absolute Gasteiger partial charge is 0.158 e. The lowest BCUT2D eigenvalue weighted by Gasteiger charge is -2.08. The van der Waals surface area contributed by atoms with Crippen LogP contribution < -0.4 is 15.8 Å². The summed E-state index contributed by atoms with van der Waals surface area (Å²) < 4.78 is 5.43. The molecule has 6 heteroatoms. The zero-order valence-corrected chi connectivity index (χ0v) is 10.2. The second kappa shape index (κ2) is 6.33. The van der Waals surface area contributed by atoms with E-state index in [0.717, 1.165) is 11.4 Å². The Morgan fingerprint density at radius 2 is 2.21 bits per heavy atom. The fraction of sp³-hybridized carbons (Fsp3) is 0.154. The van der Waals surface area contributed by atoms with Gasteiger partial charge in [0.05, 0.1) is 12.4 Å². The quantitative estimate of drug-likeness (QED) is 0.838. The van der Waals surface area contributed by atoms with Crippen molar-refractivity contribution in [3.63, 3.8) is 0 Å². The number of hydrogen-bond donors (Lipinski definition) is 2.